The van der Waals surface area contributed by atoms with Crippen LogP contribution >= 0.6 is 12.4 Å². The van der Waals surface area contributed by atoms with Crippen LogP contribution in [0.4, 0.5) is 0 Å². The fraction of sp³-hybridized carbons (Fsp3) is 0.278. The molecule has 0 spiro atoms. The molecule has 0 fully saturated rings. The third-order valence-corrected chi connectivity index (χ3v) is 3.76. The fourth-order valence-electron chi connectivity index (χ4n) is 2.64. The monoisotopic (exact) mass is 332 g/mol. The van der Waals surface area contributed by atoms with Gasteiger partial charge in [-0.3, -0.25) is 4.79 Å². The van der Waals surface area contributed by atoms with Crippen LogP contribution in [0.3, 0.4) is 0 Å². The van der Waals surface area contributed by atoms with Gasteiger partial charge < -0.3 is 15.4 Å². The predicted octanol–water partition coefficient (Wildman–Crippen LogP) is 3.04. The number of benzene rings is 2. The largest absolute Gasteiger partial charge is 0.494 e. The van der Waals surface area contributed by atoms with E-state index in [0.29, 0.717) is 18.7 Å². The first-order valence-corrected chi connectivity index (χ1v) is 7.58. The Balaban J connectivity index is 0.00000192. The van der Waals surface area contributed by atoms with Crippen molar-refractivity contribution >= 4 is 18.3 Å². The van der Waals surface area contributed by atoms with Crippen LogP contribution in [-0.4, -0.2) is 12.5 Å². The van der Waals surface area contributed by atoms with Crippen LogP contribution in [0.25, 0.3) is 0 Å². The number of rotatable bonds is 5. The summed E-state index contributed by atoms with van der Waals surface area (Å²) < 4.78 is 5.42. The zero-order valence-electron chi connectivity index (χ0n) is 13.1. The second-order valence-electron chi connectivity index (χ2n) is 5.35. The Kier molecular flexibility index (Phi) is 6.02. The highest BCUT2D eigenvalue weighted by molar-refractivity contribution is 5.94. The van der Waals surface area contributed by atoms with E-state index < -0.39 is 0 Å². The number of hydrogen-bond acceptors (Lipinski definition) is 3. The molecule has 0 radical (unpaired) electrons. The third kappa shape index (κ3) is 4.24. The predicted molar refractivity (Wildman–Crippen MR) is 93.0 cm³/mol. The van der Waals surface area contributed by atoms with Crippen molar-refractivity contribution in [2.24, 2.45) is 0 Å². The van der Waals surface area contributed by atoms with E-state index in [2.05, 4.69) is 28.8 Å². The molecule has 5 heteroatoms. The molecule has 1 aliphatic rings. The topological polar surface area (TPSA) is 50.4 Å². The lowest BCUT2D eigenvalue weighted by atomic mass is 10.1. The lowest BCUT2D eigenvalue weighted by molar-refractivity contribution is 0.0950. The molecule has 3 rings (SSSR count). The maximum atomic E-state index is 12.2. The van der Waals surface area contributed by atoms with Crippen molar-refractivity contribution in [3.05, 3.63) is 64.7 Å². The molecule has 0 saturated heterocycles. The van der Waals surface area contributed by atoms with Gasteiger partial charge >= 0.3 is 0 Å². The number of carbonyl (C=O) groups is 1. The minimum atomic E-state index is -0.0832. The van der Waals surface area contributed by atoms with Gasteiger partial charge in [0.1, 0.15) is 5.75 Å². The standard InChI is InChI=1S/C18H20N2O2.ClH/c1-2-22-17-5-3-4-14(9-17)18(21)20-10-13-6-7-15-11-19-12-16(15)8-13;/h3-9,19H,2,10-12H2,1H3,(H,20,21);1H. The second-order valence-corrected chi connectivity index (χ2v) is 5.35. The van der Waals surface area contributed by atoms with Crippen molar-refractivity contribution in [1.82, 2.24) is 10.6 Å². The summed E-state index contributed by atoms with van der Waals surface area (Å²) in [5.74, 6) is 0.638. The molecule has 1 aliphatic heterocycles. The molecule has 4 nitrogen and oxygen atoms in total. The number of halogens is 1. The summed E-state index contributed by atoms with van der Waals surface area (Å²) >= 11 is 0. The molecule has 0 unspecified atom stereocenters. The number of amides is 1. The van der Waals surface area contributed by atoms with Gasteiger partial charge in [-0.1, -0.05) is 24.3 Å². The van der Waals surface area contributed by atoms with Gasteiger partial charge in [0.2, 0.25) is 0 Å². The van der Waals surface area contributed by atoms with Crippen molar-refractivity contribution < 1.29 is 9.53 Å². The average molecular weight is 333 g/mol. The lowest BCUT2D eigenvalue weighted by Crippen LogP contribution is -2.22. The molecule has 122 valence electrons. The van der Waals surface area contributed by atoms with Gasteiger partial charge in [0.25, 0.3) is 5.91 Å². The molecular formula is C18H21ClN2O2. The molecule has 1 amide bonds. The first-order chi connectivity index (χ1) is 10.8. The number of ether oxygens (including phenoxy) is 1. The lowest BCUT2D eigenvalue weighted by Gasteiger charge is -2.08. The van der Waals surface area contributed by atoms with Crippen LogP contribution in [0.5, 0.6) is 5.75 Å². The summed E-state index contributed by atoms with van der Waals surface area (Å²) in [6, 6.07) is 13.6. The molecule has 0 atom stereocenters. The van der Waals surface area contributed by atoms with Gasteiger partial charge in [0, 0.05) is 25.2 Å². The van der Waals surface area contributed by atoms with Crippen LogP contribution in [0.15, 0.2) is 42.5 Å². The van der Waals surface area contributed by atoms with Crippen molar-refractivity contribution in [2.45, 2.75) is 26.6 Å². The molecule has 2 aromatic rings. The molecular weight excluding hydrogens is 312 g/mol. The SMILES string of the molecule is CCOc1cccc(C(=O)NCc2ccc3c(c2)CNC3)c1.Cl. The van der Waals surface area contributed by atoms with E-state index in [-0.39, 0.29) is 18.3 Å². The minimum Gasteiger partial charge on any atom is -0.494 e. The molecule has 0 saturated carbocycles. The zero-order chi connectivity index (χ0) is 15.4. The molecule has 2 aromatic carbocycles. The van der Waals surface area contributed by atoms with E-state index in [4.69, 9.17) is 4.74 Å². The average Bonchev–Trinajstić information content (AvgIpc) is 3.01. The highest BCUT2D eigenvalue weighted by Gasteiger charge is 2.11. The molecule has 0 aromatic heterocycles. The van der Waals surface area contributed by atoms with Crippen LogP contribution in [0, 0.1) is 0 Å². The first-order valence-electron chi connectivity index (χ1n) is 7.58. The van der Waals surface area contributed by atoms with Gasteiger partial charge in [-0.15, -0.1) is 12.4 Å². The molecule has 0 bridgehead atoms. The minimum absolute atomic E-state index is 0. The highest BCUT2D eigenvalue weighted by atomic mass is 35.5. The normalized spacial score (nSPS) is 12.2. The van der Waals surface area contributed by atoms with E-state index >= 15 is 0 Å². The van der Waals surface area contributed by atoms with E-state index in [1.807, 2.05) is 19.1 Å². The van der Waals surface area contributed by atoms with Gasteiger partial charge in [-0.25, -0.2) is 0 Å². The Morgan fingerprint density at radius 2 is 2.00 bits per heavy atom. The number of nitrogens with one attached hydrogen (secondary N) is 2. The third-order valence-electron chi connectivity index (χ3n) is 3.76. The summed E-state index contributed by atoms with van der Waals surface area (Å²) in [6.45, 7) is 4.90. The Labute approximate surface area is 142 Å². The van der Waals surface area contributed by atoms with E-state index in [1.54, 1.807) is 12.1 Å². The molecule has 2 N–H and O–H groups in total. The Hall–Kier alpha value is -2.04. The van der Waals surface area contributed by atoms with Crippen LogP contribution < -0.4 is 15.4 Å². The summed E-state index contributed by atoms with van der Waals surface area (Å²) in [7, 11) is 0. The van der Waals surface area contributed by atoms with Crippen LogP contribution in [0.2, 0.25) is 0 Å². The summed E-state index contributed by atoms with van der Waals surface area (Å²) in [6.07, 6.45) is 0. The van der Waals surface area contributed by atoms with Crippen molar-refractivity contribution in [3.63, 3.8) is 0 Å². The summed E-state index contributed by atoms with van der Waals surface area (Å²) in [5, 5.41) is 6.28. The maximum absolute atomic E-state index is 12.2. The van der Waals surface area contributed by atoms with Crippen molar-refractivity contribution in [1.29, 1.82) is 0 Å². The van der Waals surface area contributed by atoms with Crippen LogP contribution in [-0.2, 0) is 19.6 Å². The van der Waals surface area contributed by atoms with Crippen molar-refractivity contribution in [2.75, 3.05) is 6.61 Å². The van der Waals surface area contributed by atoms with Gasteiger partial charge in [-0.05, 0) is 41.8 Å². The molecule has 23 heavy (non-hydrogen) atoms. The number of hydrogen-bond donors (Lipinski definition) is 2. The summed E-state index contributed by atoms with van der Waals surface area (Å²) in [5.41, 5.74) is 4.41. The number of fused-ring (bicyclic) bond motifs is 1. The van der Waals surface area contributed by atoms with E-state index in [0.717, 1.165) is 24.4 Å². The van der Waals surface area contributed by atoms with Gasteiger partial charge in [-0.2, -0.15) is 0 Å². The van der Waals surface area contributed by atoms with Gasteiger partial charge in [0.05, 0.1) is 6.61 Å². The Morgan fingerprint density at radius 1 is 1.17 bits per heavy atom. The van der Waals surface area contributed by atoms with E-state index in [1.165, 1.54) is 11.1 Å². The smallest absolute Gasteiger partial charge is 0.251 e. The molecule has 0 aliphatic carbocycles. The highest BCUT2D eigenvalue weighted by Crippen LogP contribution is 2.17. The van der Waals surface area contributed by atoms with Crippen LogP contribution in [0.1, 0.15) is 34.0 Å². The fourth-order valence-corrected chi connectivity index (χ4v) is 2.64. The van der Waals surface area contributed by atoms with Crippen molar-refractivity contribution in [3.8, 4) is 5.75 Å². The zero-order valence-corrected chi connectivity index (χ0v) is 13.9. The quantitative estimate of drug-likeness (QED) is 0.884. The summed E-state index contributed by atoms with van der Waals surface area (Å²) in [4.78, 5) is 12.2. The van der Waals surface area contributed by atoms with E-state index in [9.17, 15) is 4.79 Å². The Morgan fingerprint density at radius 3 is 2.83 bits per heavy atom. The maximum Gasteiger partial charge on any atom is 0.251 e. The molecule has 1 heterocycles. The Bertz CT molecular complexity index is 688. The van der Waals surface area contributed by atoms with Gasteiger partial charge in [0.15, 0.2) is 0 Å². The number of carbonyl (C=O) groups excluding carboxylic acids is 1. The first kappa shape index (κ1) is 17.3. The second kappa shape index (κ2) is 7.99.